The number of amides is 1. The van der Waals surface area contributed by atoms with E-state index in [9.17, 15) is 4.79 Å². The van der Waals surface area contributed by atoms with E-state index in [1.807, 2.05) is 24.3 Å². The number of benzene rings is 1. The topological polar surface area (TPSA) is 46.3 Å². The zero-order valence-electron chi connectivity index (χ0n) is 9.31. The lowest BCUT2D eigenvalue weighted by molar-refractivity contribution is -0.131. The molecule has 0 saturated heterocycles. The third-order valence-corrected chi connectivity index (χ3v) is 2.57. The molecule has 0 aliphatic heterocycles. The number of nitrogens with two attached hydrogens (primary N) is 1. The Labute approximate surface area is 111 Å². The van der Waals surface area contributed by atoms with Crippen LogP contribution in [0.15, 0.2) is 28.7 Å². The molecule has 1 unspecified atom stereocenters. The van der Waals surface area contributed by atoms with Crippen LogP contribution in [0.3, 0.4) is 0 Å². The van der Waals surface area contributed by atoms with Crippen LogP contribution in [0.5, 0.6) is 0 Å². The minimum Gasteiger partial charge on any atom is -0.340 e. The van der Waals surface area contributed by atoms with Crippen molar-refractivity contribution in [3.63, 3.8) is 0 Å². The standard InChI is InChI=1S/C11H15BrN2O.ClH/c1-8(13)11(15)14(2)7-9-4-3-5-10(12)6-9;/h3-6,8H,7,13H2,1-2H3;1H. The first-order valence-electron chi connectivity index (χ1n) is 4.75. The van der Waals surface area contributed by atoms with Gasteiger partial charge in [0.15, 0.2) is 0 Å². The molecule has 1 rings (SSSR count). The van der Waals surface area contributed by atoms with Gasteiger partial charge >= 0.3 is 0 Å². The van der Waals surface area contributed by atoms with Gasteiger partial charge in [0.1, 0.15) is 0 Å². The molecular formula is C11H16BrClN2O. The zero-order valence-corrected chi connectivity index (χ0v) is 11.7. The number of carbonyl (C=O) groups excluding carboxylic acids is 1. The summed E-state index contributed by atoms with van der Waals surface area (Å²) in [5, 5.41) is 0. The van der Waals surface area contributed by atoms with Crippen molar-refractivity contribution in [1.82, 2.24) is 4.90 Å². The lowest BCUT2D eigenvalue weighted by Crippen LogP contribution is -2.39. The third-order valence-electron chi connectivity index (χ3n) is 2.07. The van der Waals surface area contributed by atoms with Gasteiger partial charge in [-0.3, -0.25) is 4.79 Å². The van der Waals surface area contributed by atoms with Gasteiger partial charge in [-0.15, -0.1) is 12.4 Å². The van der Waals surface area contributed by atoms with Crippen molar-refractivity contribution in [2.24, 2.45) is 5.73 Å². The smallest absolute Gasteiger partial charge is 0.239 e. The summed E-state index contributed by atoms with van der Waals surface area (Å²) in [6, 6.07) is 7.43. The molecule has 16 heavy (non-hydrogen) atoms. The molecule has 2 N–H and O–H groups in total. The number of likely N-dealkylation sites (N-methyl/N-ethyl adjacent to an activating group) is 1. The first-order valence-corrected chi connectivity index (χ1v) is 5.55. The van der Waals surface area contributed by atoms with E-state index in [0.29, 0.717) is 6.54 Å². The van der Waals surface area contributed by atoms with Crippen LogP contribution >= 0.6 is 28.3 Å². The van der Waals surface area contributed by atoms with Crippen LogP contribution < -0.4 is 5.73 Å². The number of halogens is 2. The van der Waals surface area contributed by atoms with Crippen molar-refractivity contribution < 1.29 is 4.79 Å². The Balaban J connectivity index is 0.00000225. The Bertz CT molecular complexity index is 358. The lowest BCUT2D eigenvalue weighted by Gasteiger charge is -2.19. The van der Waals surface area contributed by atoms with Crippen LogP contribution in [0.2, 0.25) is 0 Å². The second kappa shape index (κ2) is 6.89. The quantitative estimate of drug-likeness (QED) is 0.930. The Hall–Kier alpha value is -0.580. The van der Waals surface area contributed by atoms with Gasteiger partial charge in [-0.2, -0.15) is 0 Å². The summed E-state index contributed by atoms with van der Waals surface area (Å²) in [7, 11) is 1.76. The minimum absolute atomic E-state index is 0. The number of hydrogen-bond donors (Lipinski definition) is 1. The fraction of sp³-hybridized carbons (Fsp3) is 0.364. The maximum atomic E-state index is 11.5. The Kier molecular flexibility index (Phi) is 6.64. The van der Waals surface area contributed by atoms with Crippen molar-refractivity contribution in [2.75, 3.05) is 7.05 Å². The van der Waals surface area contributed by atoms with Gasteiger partial charge in [-0.25, -0.2) is 0 Å². The highest BCUT2D eigenvalue weighted by molar-refractivity contribution is 9.10. The van der Waals surface area contributed by atoms with Crippen LogP contribution in [0.4, 0.5) is 0 Å². The molecule has 0 bridgehead atoms. The maximum Gasteiger partial charge on any atom is 0.239 e. The molecule has 3 nitrogen and oxygen atoms in total. The second-order valence-electron chi connectivity index (χ2n) is 3.61. The van der Waals surface area contributed by atoms with Gasteiger partial charge < -0.3 is 10.6 Å². The molecule has 1 amide bonds. The molecule has 0 aromatic heterocycles. The molecule has 1 aromatic carbocycles. The summed E-state index contributed by atoms with van der Waals surface area (Å²) < 4.78 is 1.02. The van der Waals surface area contributed by atoms with Crippen molar-refractivity contribution in [3.05, 3.63) is 34.3 Å². The second-order valence-corrected chi connectivity index (χ2v) is 4.53. The van der Waals surface area contributed by atoms with Crippen molar-refractivity contribution in [2.45, 2.75) is 19.5 Å². The highest BCUT2D eigenvalue weighted by Gasteiger charge is 2.13. The first kappa shape index (κ1) is 15.4. The average Bonchev–Trinajstić information content (AvgIpc) is 2.16. The van der Waals surface area contributed by atoms with E-state index in [-0.39, 0.29) is 18.3 Å². The van der Waals surface area contributed by atoms with E-state index < -0.39 is 6.04 Å². The van der Waals surface area contributed by atoms with Gasteiger partial charge in [0.05, 0.1) is 6.04 Å². The van der Waals surface area contributed by atoms with Crippen LogP contribution in [-0.4, -0.2) is 23.9 Å². The summed E-state index contributed by atoms with van der Waals surface area (Å²) >= 11 is 3.39. The molecule has 0 aliphatic rings. The van der Waals surface area contributed by atoms with Gasteiger partial charge in [0, 0.05) is 18.1 Å². The average molecular weight is 308 g/mol. The molecule has 1 aromatic rings. The maximum absolute atomic E-state index is 11.5. The fourth-order valence-electron chi connectivity index (χ4n) is 1.33. The minimum atomic E-state index is -0.442. The van der Waals surface area contributed by atoms with Crippen LogP contribution in [0.25, 0.3) is 0 Å². The van der Waals surface area contributed by atoms with Gasteiger partial charge in [0.2, 0.25) is 5.91 Å². The predicted molar refractivity (Wildman–Crippen MR) is 71.5 cm³/mol. The lowest BCUT2D eigenvalue weighted by atomic mass is 10.2. The summed E-state index contributed by atoms with van der Waals surface area (Å²) in [4.78, 5) is 13.2. The normalized spacial score (nSPS) is 11.5. The number of hydrogen-bond acceptors (Lipinski definition) is 2. The van der Waals surface area contributed by atoms with E-state index in [4.69, 9.17) is 5.73 Å². The van der Waals surface area contributed by atoms with Crippen molar-refractivity contribution >= 4 is 34.2 Å². The first-order chi connectivity index (χ1) is 7.00. The molecule has 0 aliphatic carbocycles. The van der Waals surface area contributed by atoms with E-state index in [1.165, 1.54) is 0 Å². The molecule has 0 saturated carbocycles. The van der Waals surface area contributed by atoms with E-state index >= 15 is 0 Å². The molecule has 1 atom stereocenters. The summed E-state index contributed by atoms with van der Waals surface area (Å²) in [5.74, 6) is -0.0463. The largest absolute Gasteiger partial charge is 0.340 e. The van der Waals surface area contributed by atoms with E-state index in [1.54, 1.807) is 18.9 Å². The molecule has 90 valence electrons. The third kappa shape index (κ3) is 4.51. The van der Waals surface area contributed by atoms with Crippen LogP contribution in [-0.2, 0) is 11.3 Å². The molecular weight excluding hydrogens is 291 g/mol. The van der Waals surface area contributed by atoms with Gasteiger partial charge in [-0.1, -0.05) is 28.1 Å². The zero-order chi connectivity index (χ0) is 11.4. The number of carbonyl (C=O) groups is 1. The number of nitrogens with zero attached hydrogens (tertiary/aromatic N) is 1. The van der Waals surface area contributed by atoms with E-state index in [2.05, 4.69) is 15.9 Å². The fourth-order valence-corrected chi connectivity index (χ4v) is 1.78. The monoisotopic (exact) mass is 306 g/mol. The predicted octanol–water partition coefficient (Wildman–Crippen LogP) is 2.18. The summed E-state index contributed by atoms with van der Waals surface area (Å²) in [6.45, 7) is 2.28. The SMILES string of the molecule is CC(N)C(=O)N(C)Cc1cccc(Br)c1.Cl. The van der Waals surface area contributed by atoms with Crippen molar-refractivity contribution in [1.29, 1.82) is 0 Å². The Morgan fingerprint density at radius 2 is 2.19 bits per heavy atom. The van der Waals surface area contributed by atoms with Crippen molar-refractivity contribution in [3.8, 4) is 0 Å². The van der Waals surface area contributed by atoms with E-state index in [0.717, 1.165) is 10.0 Å². The summed E-state index contributed by atoms with van der Waals surface area (Å²) in [5.41, 5.74) is 6.60. The molecule has 0 spiro atoms. The molecule has 0 fully saturated rings. The van der Waals surface area contributed by atoms with Crippen LogP contribution in [0.1, 0.15) is 12.5 Å². The highest BCUT2D eigenvalue weighted by Crippen LogP contribution is 2.13. The van der Waals surface area contributed by atoms with Gasteiger partial charge in [-0.05, 0) is 24.6 Å². The van der Waals surface area contributed by atoms with Crippen LogP contribution in [0, 0.1) is 0 Å². The molecule has 0 radical (unpaired) electrons. The summed E-state index contributed by atoms with van der Waals surface area (Å²) in [6.07, 6.45) is 0. The Morgan fingerprint density at radius 1 is 1.56 bits per heavy atom. The molecule has 5 heteroatoms. The Morgan fingerprint density at radius 3 is 2.69 bits per heavy atom. The molecule has 0 heterocycles. The van der Waals surface area contributed by atoms with Gasteiger partial charge in [0.25, 0.3) is 0 Å². The number of rotatable bonds is 3. The highest BCUT2D eigenvalue weighted by atomic mass is 79.9.